The number of rotatable bonds is 3. The molecule has 0 aromatic carbocycles. The molecule has 0 heterocycles. The second kappa shape index (κ2) is 4.72. The highest BCUT2D eigenvalue weighted by Crippen LogP contribution is 2.33. The van der Waals surface area contributed by atoms with Gasteiger partial charge in [-0.25, -0.2) is 4.79 Å². The largest absolute Gasteiger partial charge is 0.444 e. The Morgan fingerprint density at radius 2 is 2.00 bits per heavy atom. The van der Waals surface area contributed by atoms with Crippen LogP contribution < -0.4 is 11.1 Å². The number of alkyl carbamates (subject to hydrolysis) is 1. The molecule has 0 aliphatic heterocycles. The first-order valence-electron chi connectivity index (χ1n) is 5.56. The monoisotopic (exact) mass is 228 g/mol. The summed E-state index contributed by atoms with van der Waals surface area (Å²) in [6.07, 6.45) is 1.32. The van der Waals surface area contributed by atoms with Crippen molar-refractivity contribution in [3.05, 3.63) is 0 Å². The van der Waals surface area contributed by atoms with Gasteiger partial charge >= 0.3 is 6.09 Å². The first kappa shape index (κ1) is 12.8. The Morgan fingerprint density at radius 3 is 2.38 bits per heavy atom. The summed E-state index contributed by atoms with van der Waals surface area (Å²) in [6, 6.07) is 0. The van der Waals surface area contributed by atoms with Gasteiger partial charge in [0.2, 0.25) is 5.91 Å². The maximum atomic E-state index is 11.3. The molecule has 92 valence electrons. The van der Waals surface area contributed by atoms with Crippen LogP contribution in [0.25, 0.3) is 0 Å². The van der Waals surface area contributed by atoms with Gasteiger partial charge in [0.25, 0.3) is 0 Å². The van der Waals surface area contributed by atoms with Crippen molar-refractivity contribution in [2.45, 2.75) is 39.2 Å². The number of hydrogen-bond acceptors (Lipinski definition) is 3. The van der Waals surface area contributed by atoms with E-state index in [0.29, 0.717) is 6.54 Å². The number of carbonyl (C=O) groups excluding carboxylic acids is 2. The summed E-state index contributed by atoms with van der Waals surface area (Å²) in [5.74, 6) is -0.192. The Bertz CT molecular complexity index is 283. The highest BCUT2D eigenvalue weighted by atomic mass is 16.6. The predicted molar refractivity (Wildman–Crippen MR) is 59.6 cm³/mol. The molecule has 0 saturated heterocycles. The molecule has 1 aliphatic rings. The fourth-order valence-electron chi connectivity index (χ4n) is 1.72. The lowest BCUT2D eigenvalue weighted by molar-refractivity contribution is -0.126. The predicted octanol–water partition coefficient (Wildman–Crippen LogP) is 1.02. The summed E-state index contributed by atoms with van der Waals surface area (Å²) in [5, 5.41) is 2.66. The molecule has 0 aromatic heterocycles. The molecule has 3 N–H and O–H groups in total. The zero-order valence-corrected chi connectivity index (χ0v) is 10.1. The highest BCUT2D eigenvalue weighted by molar-refractivity contribution is 5.78. The van der Waals surface area contributed by atoms with E-state index in [4.69, 9.17) is 10.5 Å². The minimum Gasteiger partial charge on any atom is -0.444 e. The zero-order valence-electron chi connectivity index (χ0n) is 10.1. The van der Waals surface area contributed by atoms with Gasteiger partial charge in [-0.15, -0.1) is 0 Å². The van der Waals surface area contributed by atoms with Crippen LogP contribution in [0.15, 0.2) is 0 Å². The van der Waals surface area contributed by atoms with Crippen molar-refractivity contribution in [3.8, 4) is 0 Å². The molecule has 5 heteroatoms. The van der Waals surface area contributed by atoms with Crippen LogP contribution in [0.5, 0.6) is 0 Å². The van der Waals surface area contributed by atoms with Crippen LogP contribution in [0.3, 0.4) is 0 Å². The smallest absolute Gasteiger partial charge is 0.407 e. The van der Waals surface area contributed by atoms with Gasteiger partial charge in [0.05, 0.1) is 0 Å². The summed E-state index contributed by atoms with van der Waals surface area (Å²) < 4.78 is 5.09. The van der Waals surface area contributed by atoms with Crippen LogP contribution in [0.4, 0.5) is 4.79 Å². The van der Waals surface area contributed by atoms with E-state index in [1.54, 1.807) is 0 Å². The number of hydrogen-bond donors (Lipinski definition) is 2. The average molecular weight is 228 g/mol. The second-order valence-electron chi connectivity index (χ2n) is 5.23. The summed E-state index contributed by atoms with van der Waals surface area (Å²) >= 11 is 0. The molecular formula is C11H20N2O3. The van der Waals surface area contributed by atoms with Gasteiger partial charge in [0.1, 0.15) is 5.60 Å². The molecule has 0 bridgehead atoms. The number of ether oxygens (including phenoxy) is 1. The Kier molecular flexibility index (Phi) is 3.78. The first-order chi connectivity index (χ1) is 7.29. The van der Waals surface area contributed by atoms with Gasteiger partial charge < -0.3 is 15.8 Å². The van der Waals surface area contributed by atoms with Crippen LogP contribution in [0.2, 0.25) is 0 Å². The highest BCUT2D eigenvalue weighted by Gasteiger charge is 2.35. The number of amides is 2. The van der Waals surface area contributed by atoms with Crippen LogP contribution in [0.1, 0.15) is 33.6 Å². The number of nitrogens with two attached hydrogens (primary N) is 1. The van der Waals surface area contributed by atoms with Gasteiger partial charge in [-0.2, -0.15) is 0 Å². The topological polar surface area (TPSA) is 81.4 Å². The fraction of sp³-hybridized carbons (Fsp3) is 0.818. The van der Waals surface area contributed by atoms with Gasteiger partial charge in [0, 0.05) is 12.5 Å². The molecule has 0 aromatic rings. The normalized spacial score (nSPS) is 24.4. The van der Waals surface area contributed by atoms with E-state index in [1.807, 2.05) is 20.8 Å². The molecule has 2 atom stereocenters. The van der Waals surface area contributed by atoms with Gasteiger partial charge in [-0.1, -0.05) is 0 Å². The third-order valence-corrected chi connectivity index (χ3v) is 2.69. The van der Waals surface area contributed by atoms with Gasteiger partial charge in [0.15, 0.2) is 0 Å². The number of nitrogens with one attached hydrogen (secondary N) is 1. The lowest BCUT2D eigenvalue weighted by atomic mass is 9.73. The lowest BCUT2D eigenvalue weighted by Crippen LogP contribution is -2.44. The molecule has 0 spiro atoms. The maximum Gasteiger partial charge on any atom is 0.407 e. The van der Waals surface area contributed by atoms with Gasteiger partial charge in [-0.05, 0) is 39.5 Å². The molecule has 1 aliphatic carbocycles. The summed E-state index contributed by atoms with van der Waals surface area (Å²) in [4.78, 5) is 22.3. The van der Waals surface area contributed by atoms with Crippen LogP contribution in [-0.2, 0) is 9.53 Å². The van der Waals surface area contributed by atoms with Crippen molar-refractivity contribution in [1.29, 1.82) is 0 Å². The Morgan fingerprint density at radius 1 is 1.38 bits per heavy atom. The lowest BCUT2D eigenvalue weighted by Gasteiger charge is -2.34. The van der Waals surface area contributed by atoms with Crippen molar-refractivity contribution >= 4 is 12.0 Å². The van der Waals surface area contributed by atoms with E-state index in [1.165, 1.54) is 0 Å². The molecule has 1 rings (SSSR count). The standard InChI is InChI=1S/C11H20N2O3/c1-11(2,3)16-10(15)13-6-7-4-5-8(7)9(12)14/h7-8H,4-6H2,1-3H3,(H2,12,14)(H,13,15)/t7-,8-/m1/s1. The summed E-state index contributed by atoms with van der Waals surface area (Å²) in [7, 11) is 0. The maximum absolute atomic E-state index is 11.3. The van der Waals surface area contributed by atoms with Crippen molar-refractivity contribution in [2.24, 2.45) is 17.6 Å². The van der Waals surface area contributed by atoms with Crippen molar-refractivity contribution in [3.63, 3.8) is 0 Å². The third-order valence-electron chi connectivity index (χ3n) is 2.69. The van der Waals surface area contributed by atoms with E-state index >= 15 is 0 Å². The minimum atomic E-state index is -0.493. The van der Waals surface area contributed by atoms with E-state index in [-0.39, 0.29) is 17.7 Å². The van der Waals surface area contributed by atoms with E-state index < -0.39 is 11.7 Å². The Balaban J connectivity index is 2.25. The third kappa shape index (κ3) is 3.72. The minimum absolute atomic E-state index is 0.0880. The van der Waals surface area contributed by atoms with Gasteiger partial charge in [-0.3, -0.25) is 4.79 Å². The molecule has 0 unspecified atom stereocenters. The molecule has 0 radical (unpaired) electrons. The first-order valence-corrected chi connectivity index (χ1v) is 5.56. The number of primary amides is 1. The summed E-state index contributed by atoms with van der Waals surface area (Å²) in [6.45, 7) is 5.88. The van der Waals surface area contributed by atoms with Crippen LogP contribution in [0, 0.1) is 11.8 Å². The Hall–Kier alpha value is -1.26. The van der Waals surface area contributed by atoms with E-state index in [2.05, 4.69) is 5.32 Å². The molecule has 5 nitrogen and oxygen atoms in total. The zero-order chi connectivity index (χ0) is 12.3. The van der Waals surface area contributed by atoms with E-state index in [0.717, 1.165) is 12.8 Å². The van der Waals surface area contributed by atoms with Crippen LogP contribution in [-0.4, -0.2) is 24.1 Å². The molecule has 1 fully saturated rings. The van der Waals surface area contributed by atoms with E-state index in [9.17, 15) is 9.59 Å². The SMILES string of the molecule is CC(C)(C)OC(=O)NC[C@H]1CC[C@H]1C(N)=O. The average Bonchev–Trinajstić information content (AvgIpc) is 1.96. The van der Waals surface area contributed by atoms with Crippen molar-refractivity contribution < 1.29 is 14.3 Å². The second-order valence-corrected chi connectivity index (χ2v) is 5.23. The Labute approximate surface area is 95.7 Å². The molecule has 2 amide bonds. The fourth-order valence-corrected chi connectivity index (χ4v) is 1.72. The molecule has 1 saturated carbocycles. The van der Waals surface area contributed by atoms with Crippen molar-refractivity contribution in [1.82, 2.24) is 5.32 Å². The van der Waals surface area contributed by atoms with Crippen molar-refractivity contribution in [2.75, 3.05) is 6.54 Å². The van der Waals surface area contributed by atoms with Crippen LogP contribution >= 0.6 is 0 Å². The summed E-state index contributed by atoms with van der Waals surface area (Å²) in [5.41, 5.74) is 4.72. The molecule has 16 heavy (non-hydrogen) atoms. The molecular weight excluding hydrogens is 208 g/mol. The number of carbonyl (C=O) groups is 2. The quantitative estimate of drug-likeness (QED) is 0.756.